The molecule has 0 unspecified atom stereocenters. The third-order valence-corrected chi connectivity index (χ3v) is 9.16. The molecule has 0 bridgehead atoms. The van der Waals surface area contributed by atoms with Crippen LogP contribution in [0.4, 0.5) is 0 Å². The van der Waals surface area contributed by atoms with Gasteiger partial charge in [-0.15, -0.1) is 0 Å². The molecule has 3 aromatic rings. The van der Waals surface area contributed by atoms with Gasteiger partial charge in [-0.3, -0.25) is 19.2 Å². The van der Waals surface area contributed by atoms with E-state index in [4.69, 9.17) is 19.9 Å². The van der Waals surface area contributed by atoms with Crippen LogP contribution in [-0.4, -0.2) is 119 Å². The Labute approximate surface area is 336 Å². The third-order valence-electron chi connectivity index (χ3n) is 9.16. The number of aliphatic hydroxyl groups excluding tert-OH is 3. The molecule has 3 aromatic carbocycles. The number of phenolic OH excluding ortho intramolecular Hbond substituents is 1. The number of esters is 1. The van der Waals surface area contributed by atoms with E-state index >= 15 is 0 Å². The fourth-order valence-corrected chi connectivity index (χ4v) is 5.99. The van der Waals surface area contributed by atoms with Gasteiger partial charge in [0.25, 0.3) is 0 Å². The normalized spacial score (nSPS) is 20.6. The number of rotatable bonds is 20. The molecule has 17 heteroatoms. The first-order valence-electron chi connectivity index (χ1n) is 18.9. The van der Waals surface area contributed by atoms with E-state index < -0.39 is 98.1 Å². The van der Waals surface area contributed by atoms with E-state index in [1.165, 1.54) is 12.1 Å². The molecule has 4 amide bonds. The van der Waals surface area contributed by atoms with Gasteiger partial charge in [0.2, 0.25) is 23.6 Å². The number of ether oxygens (including phenoxy) is 3. The quantitative estimate of drug-likeness (QED) is 0.0642. The van der Waals surface area contributed by atoms with Gasteiger partial charge in [0.05, 0.1) is 25.7 Å². The Bertz CT molecular complexity index is 1780. The summed E-state index contributed by atoms with van der Waals surface area (Å²) in [4.78, 5) is 65.1. The Balaban J connectivity index is 1.32. The number of carbonyl (C=O) groups excluding carboxylic acids is 5. The lowest BCUT2D eigenvalue weighted by Gasteiger charge is -2.40. The first kappa shape index (κ1) is 45.3. The maximum Gasteiger partial charge on any atom is 0.328 e. The third kappa shape index (κ3) is 14.5. The van der Waals surface area contributed by atoms with E-state index in [2.05, 4.69) is 21.3 Å². The van der Waals surface area contributed by atoms with Crippen molar-refractivity contribution >= 4 is 29.6 Å². The molecule has 0 spiro atoms. The van der Waals surface area contributed by atoms with Crippen molar-refractivity contribution < 1.29 is 58.6 Å². The Morgan fingerprint density at radius 3 is 1.95 bits per heavy atom. The highest BCUT2D eigenvalue weighted by Crippen LogP contribution is 2.24. The van der Waals surface area contributed by atoms with Gasteiger partial charge in [-0.1, -0.05) is 86.6 Å². The fraction of sp³-hybridized carbons (Fsp3) is 0.439. The molecule has 10 N–H and O–H groups in total. The topological polar surface area (TPSA) is 268 Å². The van der Waals surface area contributed by atoms with Crippen LogP contribution in [0.2, 0.25) is 0 Å². The second-order valence-corrected chi connectivity index (χ2v) is 14.4. The van der Waals surface area contributed by atoms with E-state index in [-0.39, 0.29) is 37.5 Å². The van der Waals surface area contributed by atoms with Crippen molar-refractivity contribution in [3.05, 3.63) is 102 Å². The summed E-state index contributed by atoms with van der Waals surface area (Å²) < 4.78 is 16.8. The first-order valence-corrected chi connectivity index (χ1v) is 18.9. The minimum Gasteiger partial charge on any atom is -0.508 e. The number of hydrogen-bond donors (Lipinski definition) is 9. The number of benzene rings is 3. The van der Waals surface area contributed by atoms with Gasteiger partial charge in [-0.2, -0.15) is 0 Å². The van der Waals surface area contributed by atoms with Crippen LogP contribution in [0.15, 0.2) is 84.9 Å². The van der Waals surface area contributed by atoms with Crippen molar-refractivity contribution in [2.45, 2.75) is 88.5 Å². The lowest BCUT2D eigenvalue weighted by atomic mass is 9.99. The Morgan fingerprint density at radius 2 is 1.31 bits per heavy atom. The van der Waals surface area contributed by atoms with Crippen molar-refractivity contribution in [1.29, 1.82) is 0 Å². The zero-order valence-electron chi connectivity index (χ0n) is 32.4. The summed E-state index contributed by atoms with van der Waals surface area (Å²) in [5.41, 5.74) is 8.11. The van der Waals surface area contributed by atoms with Gasteiger partial charge >= 0.3 is 5.97 Å². The van der Waals surface area contributed by atoms with Crippen LogP contribution < -0.4 is 27.0 Å². The summed E-state index contributed by atoms with van der Waals surface area (Å²) >= 11 is 0. The van der Waals surface area contributed by atoms with Crippen LogP contribution in [0.3, 0.4) is 0 Å². The molecule has 0 aromatic heterocycles. The predicted octanol–water partition coefficient (Wildman–Crippen LogP) is -0.680. The molecular weight excluding hydrogens is 754 g/mol. The molecule has 4 rings (SSSR count). The van der Waals surface area contributed by atoms with Gasteiger partial charge in [0, 0.05) is 6.42 Å². The van der Waals surface area contributed by atoms with Crippen LogP contribution in [0.25, 0.3) is 0 Å². The minimum absolute atomic E-state index is 0.0253. The Morgan fingerprint density at radius 1 is 0.707 bits per heavy atom. The van der Waals surface area contributed by atoms with E-state index in [9.17, 15) is 44.4 Å². The molecule has 1 heterocycles. The number of carbonyl (C=O) groups is 5. The average molecular weight is 808 g/mol. The minimum atomic E-state index is -1.67. The summed E-state index contributed by atoms with van der Waals surface area (Å²) in [7, 11) is 0. The molecule has 1 aliphatic heterocycles. The van der Waals surface area contributed by atoms with Gasteiger partial charge in [-0.25, -0.2) is 4.79 Å². The van der Waals surface area contributed by atoms with Gasteiger partial charge in [0.15, 0.2) is 6.29 Å². The van der Waals surface area contributed by atoms with Crippen molar-refractivity contribution in [2.75, 3.05) is 19.7 Å². The van der Waals surface area contributed by atoms with Crippen LogP contribution in [0.1, 0.15) is 37.0 Å². The van der Waals surface area contributed by atoms with Gasteiger partial charge in [0.1, 0.15) is 48.9 Å². The Kier molecular flexibility index (Phi) is 17.6. The molecule has 8 atom stereocenters. The monoisotopic (exact) mass is 807 g/mol. The molecule has 1 aliphatic rings. The maximum atomic E-state index is 13.7. The number of aliphatic hydroxyl groups is 3. The molecule has 58 heavy (non-hydrogen) atoms. The van der Waals surface area contributed by atoms with Crippen LogP contribution in [0, 0.1) is 5.92 Å². The molecule has 0 saturated carbocycles. The van der Waals surface area contributed by atoms with Crippen LogP contribution >= 0.6 is 0 Å². The number of nitrogens with two attached hydrogens (primary N) is 1. The fourth-order valence-electron chi connectivity index (χ4n) is 5.99. The highest BCUT2D eigenvalue weighted by molar-refractivity contribution is 5.93. The first-order chi connectivity index (χ1) is 27.7. The second-order valence-electron chi connectivity index (χ2n) is 14.4. The second kappa shape index (κ2) is 22.5. The maximum absolute atomic E-state index is 13.7. The summed E-state index contributed by atoms with van der Waals surface area (Å²) in [6, 6.07) is 20.6. The van der Waals surface area contributed by atoms with Crippen LogP contribution in [0.5, 0.6) is 5.75 Å². The van der Waals surface area contributed by atoms with E-state index in [0.29, 0.717) is 11.1 Å². The standard InChI is InChI=1S/C41H53N5O12/c1-24(2)17-31(40(55)56-23-32-35(50)36(51)37(52)41(58-32)57-22-27-11-7-4-8-12-27)46-39(54)30(19-25-9-5-3-6-10-25)45-34(49)21-43-33(48)20-44-38(53)29(42)18-26-13-15-28(47)16-14-26/h3-16,24,29-32,35-37,41,47,50-52H,17-23,42H2,1-2H3,(H,43,48)(H,44,53)(H,45,49)(H,46,54)/t29-,30-,31-,32+,35+,36-,37+,41+/m0/s1. The SMILES string of the molecule is CC(C)C[C@H](NC(=O)[C@H](Cc1ccccc1)NC(=O)CNC(=O)CNC(=O)[C@@H](N)Cc1ccc(O)cc1)C(=O)OC[C@H]1O[C@@H](OCc2ccccc2)[C@H](O)[C@@H](O)[C@@H]1O. The van der Waals surface area contributed by atoms with Crippen molar-refractivity contribution in [2.24, 2.45) is 11.7 Å². The van der Waals surface area contributed by atoms with Gasteiger partial charge < -0.3 is 61.6 Å². The molecule has 0 aliphatic carbocycles. The number of amides is 4. The summed E-state index contributed by atoms with van der Waals surface area (Å²) in [5.74, 6) is -3.65. The number of nitrogens with one attached hydrogen (secondary N) is 4. The summed E-state index contributed by atoms with van der Waals surface area (Å²) in [5, 5.41) is 51.1. The zero-order valence-corrected chi connectivity index (χ0v) is 32.4. The van der Waals surface area contributed by atoms with Crippen molar-refractivity contribution in [3.63, 3.8) is 0 Å². The highest BCUT2D eigenvalue weighted by Gasteiger charge is 2.45. The summed E-state index contributed by atoms with van der Waals surface area (Å²) in [6.07, 6.45) is -7.20. The zero-order chi connectivity index (χ0) is 42.2. The molecular formula is C41H53N5O12. The predicted molar refractivity (Wildman–Crippen MR) is 208 cm³/mol. The molecule has 314 valence electrons. The summed E-state index contributed by atoms with van der Waals surface area (Å²) in [6.45, 7) is 2.13. The van der Waals surface area contributed by atoms with Crippen molar-refractivity contribution in [1.82, 2.24) is 21.3 Å². The highest BCUT2D eigenvalue weighted by atomic mass is 16.7. The Hall–Kier alpha value is -5.43. The number of hydrogen-bond acceptors (Lipinski definition) is 13. The van der Waals surface area contributed by atoms with E-state index in [1.54, 1.807) is 66.7 Å². The van der Waals surface area contributed by atoms with Crippen molar-refractivity contribution in [3.8, 4) is 5.75 Å². The average Bonchev–Trinajstić information content (AvgIpc) is 3.21. The van der Waals surface area contributed by atoms with E-state index in [1.807, 2.05) is 19.9 Å². The lowest BCUT2D eigenvalue weighted by molar-refractivity contribution is -0.304. The molecule has 1 fully saturated rings. The van der Waals surface area contributed by atoms with Gasteiger partial charge in [-0.05, 0) is 47.6 Å². The molecule has 0 radical (unpaired) electrons. The molecule has 17 nitrogen and oxygen atoms in total. The van der Waals surface area contributed by atoms with E-state index in [0.717, 1.165) is 5.56 Å². The van der Waals surface area contributed by atoms with Crippen LogP contribution in [-0.2, 0) is 57.6 Å². The number of phenols is 1. The lowest BCUT2D eigenvalue weighted by Crippen LogP contribution is -2.59. The smallest absolute Gasteiger partial charge is 0.328 e. The molecule has 1 saturated heterocycles. The largest absolute Gasteiger partial charge is 0.508 e. The number of aromatic hydroxyl groups is 1.